The molecule has 0 fully saturated rings. The first-order chi connectivity index (χ1) is 33.0. The molecule has 396 valence electrons. The van der Waals surface area contributed by atoms with Crippen molar-refractivity contribution in [3.63, 3.8) is 0 Å². The summed E-state index contributed by atoms with van der Waals surface area (Å²) in [7, 11) is 0. The van der Waals surface area contributed by atoms with Gasteiger partial charge in [0.15, 0.2) is 6.10 Å². The molecule has 0 aromatic heterocycles. The molecule has 1 atom stereocenters. The lowest BCUT2D eigenvalue weighted by molar-refractivity contribution is -0.167. The van der Waals surface area contributed by atoms with Crippen molar-refractivity contribution in [3.05, 3.63) is 12.2 Å². The van der Waals surface area contributed by atoms with E-state index in [0.717, 1.165) is 57.8 Å². The summed E-state index contributed by atoms with van der Waals surface area (Å²) in [6.45, 7) is 6.70. The Morgan fingerprint density at radius 2 is 0.493 bits per heavy atom. The van der Waals surface area contributed by atoms with Gasteiger partial charge in [-0.05, 0) is 44.9 Å². The summed E-state index contributed by atoms with van der Waals surface area (Å²) in [6, 6.07) is 0. The maximum Gasteiger partial charge on any atom is 0.306 e. The molecule has 0 N–H and O–H groups in total. The topological polar surface area (TPSA) is 78.9 Å². The summed E-state index contributed by atoms with van der Waals surface area (Å²) >= 11 is 0. The first-order valence-corrected chi connectivity index (χ1v) is 30.2. The van der Waals surface area contributed by atoms with Crippen molar-refractivity contribution in [1.82, 2.24) is 0 Å². The normalized spacial score (nSPS) is 12.0. The first kappa shape index (κ1) is 65.1. The van der Waals surface area contributed by atoms with Crippen LogP contribution in [-0.4, -0.2) is 37.2 Å². The number of hydrogen-bond acceptors (Lipinski definition) is 6. The molecule has 0 aromatic carbocycles. The third-order valence-electron chi connectivity index (χ3n) is 13.8. The number of esters is 3. The lowest BCUT2D eigenvalue weighted by Gasteiger charge is -2.18. The smallest absolute Gasteiger partial charge is 0.306 e. The van der Waals surface area contributed by atoms with E-state index in [0.29, 0.717) is 19.3 Å². The monoisotopic (exact) mass is 945 g/mol. The van der Waals surface area contributed by atoms with Gasteiger partial charge in [-0.25, -0.2) is 0 Å². The van der Waals surface area contributed by atoms with Gasteiger partial charge < -0.3 is 14.2 Å². The highest BCUT2D eigenvalue weighted by Crippen LogP contribution is 2.17. The van der Waals surface area contributed by atoms with Gasteiger partial charge in [-0.3, -0.25) is 14.4 Å². The Balaban J connectivity index is 4.31. The van der Waals surface area contributed by atoms with E-state index >= 15 is 0 Å². The van der Waals surface area contributed by atoms with E-state index in [1.807, 2.05) is 0 Å². The highest BCUT2D eigenvalue weighted by atomic mass is 16.6. The molecule has 0 rings (SSSR count). The van der Waals surface area contributed by atoms with Gasteiger partial charge in [-0.2, -0.15) is 0 Å². The van der Waals surface area contributed by atoms with Gasteiger partial charge in [0.25, 0.3) is 0 Å². The van der Waals surface area contributed by atoms with E-state index in [1.165, 1.54) is 244 Å². The Morgan fingerprint density at radius 1 is 0.284 bits per heavy atom. The van der Waals surface area contributed by atoms with Gasteiger partial charge in [-0.15, -0.1) is 0 Å². The molecule has 0 radical (unpaired) electrons. The van der Waals surface area contributed by atoms with Crippen molar-refractivity contribution in [2.75, 3.05) is 13.2 Å². The van der Waals surface area contributed by atoms with E-state index < -0.39 is 6.10 Å². The SMILES string of the molecule is CCCCCCCC/C=C/CCCCCCCCCC(=O)OC[C@@H](COC(=O)CCCCCCCCCCCCCCCCC)OC(=O)CCCCCCCCCCCCCCCCCCC. The Kier molecular flexibility index (Phi) is 55.2. The Hall–Kier alpha value is -1.85. The molecule has 0 unspecified atom stereocenters. The van der Waals surface area contributed by atoms with Crippen LogP contribution in [0, 0.1) is 0 Å². The second-order valence-corrected chi connectivity index (χ2v) is 20.6. The van der Waals surface area contributed by atoms with Crippen LogP contribution in [0.3, 0.4) is 0 Å². The largest absolute Gasteiger partial charge is 0.462 e. The Labute approximate surface area is 418 Å². The van der Waals surface area contributed by atoms with Crippen LogP contribution in [0.15, 0.2) is 12.2 Å². The van der Waals surface area contributed by atoms with Gasteiger partial charge in [0.1, 0.15) is 13.2 Å². The van der Waals surface area contributed by atoms with Crippen LogP contribution in [0.5, 0.6) is 0 Å². The zero-order chi connectivity index (χ0) is 48.6. The van der Waals surface area contributed by atoms with Crippen LogP contribution in [0.25, 0.3) is 0 Å². The maximum absolute atomic E-state index is 12.9. The van der Waals surface area contributed by atoms with Gasteiger partial charge in [0.2, 0.25) is 0 Å². The van der Waals surface area contributed by atoms with Gasteiger partial charge >= 0.3 is 17.9 Å². The van der Waals surface area contributed by atoms with Crippen LogP contribution < -0.4 is 0 Å². The van der Waals surface area contributed by atoms with Crippen LogP contribution in [0.4, 0.5) is 0 Å². The third-order valence-corrected chi connectivity index (χ3v) is 13.8. The number of ether oxygens (including phenoxy) is 3. The lowest BCUT2D eigenvalue weighted by Crippen LogP contribution is -2.30. The minimum Gasteiger partial charge on any atom is -0.462 e. The molecule has 0 saturated carbocycles. The summed E-state index contributed by atoms with van der Waals surface area (Å²) in [6.07, 6.45) is 64.9. The molecule has 6 nitrogen and oxygen atoms in total. The molecule has 0 amide bonds. The molecule has 0 aromatic rings. The van der Waals surface area contributed by atoms with E-state index in [2.05, 4.69) is 32.9 Å². The molecular formula is C61H116O6. The highest BCUT2D eigenvalue weighted by Gasteiger charge is 2.19. The minimum absolute atomic E-state index is 0.0649. The van der Waals surface area contributed by atoms with Crippen molar-refractivity contribution in [2.24, 2.45) is 0 Å². The molecule has 0 saturated heterocycles. The molecular weight excluding hydrogens is 829 g/mol. The summed E-state index contributed by atoms with van der Waals surface area (Å²) in [5, 5.41) is 0. The minimum atomic E-state index is -0.766. The number of carbonyl (C=O) groups excluding carboxylic acids is 3. The molecule has 0 heterocycles. The second kappa shape index (κ2) is 56.7. The van der Waals surface area contributed by atoms with Gasteiger partial charge in [-0.1, -0.05) is 290 Å². The fourth-order valence-electron chi connectivity index (χ4n) is 9.21. The molecule has 0 aliphatic carbocycles. The maximum atomic E-state index is 12.9. The van der Waals surface area contributed by atoms with Gasteiger partial charge in [0.05, 0.1) is 0 Å². The van der Waals surface area contributed by atoms with Gasteiger partial charge in [0, 0.05) is 19.3 Å². The van der Waals surface area contributed by atoms with E-state index in [9.17, 15) is 14.4 Å². The van der Waals surface area contributed by atoms with E-state index in [1.54, 1.807) is 0 Å². The van der Waals surface area contributed by atoms with Crippen molar-refractivity contribution in [2.45, 2.75) is 348 Å². The molecule has 67 heavy (non-hydrogen) atoms. The average Bonchev–Trinajstić information content (AvgIpc) is 3.33. The summed E-state index contributed by atoms with van der Waals surface area (Å²) < 4.78 is 16.9. The Bertz CT molecular complexity index is 1040. The second-order valence-electron chi connectivity index (χ2n) is 20.6. The first-order valence-electron chi connectivity index (χ1n) is 30.2. The zero-order valence-electron chi connectivity index (χ0n) is 45.5. The number of allylic oxidation sites excluding steroid dienone is 2. The number of carbonyl (C=O) groups is 3. The van der Waals surface area contributed by atoms with E-state index in [4.69, 9.17) is 14.2 Å². The van der Waals surface area contributed by atoms with E-state index in [-0.39, 0.29) is 31.1 Å². The standard InChI is InChI=1S/C61H116O6/c1-4-7-10-13-16-19-22-25-28-30-33-36-39-42-45-48-51-54-60(63)66-57-58(56-65-59(62)53-50-47-44-41-38-35-32-27-24-21-18-15-12-9-6-3)67-61(64)55-52-49-46-43-40-37-34-31-29-26-23-20-17-14-11-8-5-2/h25,28,58H,4-24,26-27,29-57H2,1-3H3/b28-25+/t58-/m1/s1. The molecule has 0 spiro atoms. The number of rotatable bonds is 56. The van der Waals surface area contributed by atoms with Crippen molar-refractivity contribution < 1.29 is 28.6 Å². The number of unbranched alkanes of at least 4 members (excludes halogenated alkanes) is 43. The zero-order valence-corrected chi connectivity index (χ0v) is 45.5. The van der Waals surface area contributed by atoms with Crippen molar-refractivity contribution >= 4 is 17.9 Å². The van der Waals surface area contributed by atoms with Crippen LogP contribution >= 0.6 is 0 Å². The summed E-state index contributed by atoms with van der Waals surface area (Å²) in [5.41, 5.74) is 0. The fraction of sp³-hybridized carbons (Fsp3) is 0.918. The molecule has 0 aliphatic rings. The third kappa shape index (κ3) is 55.0. The van der Waals surface area contributed by atoms with Crippen molar-refractivity contribution in [1.29, 1.82) is 0 Å². The molecule has 0 aliphatic heterocycles. The summed E-state index contributed by atoms with van der Waals surface area (Å²) in [5.74, 6) is -0.842. The highest BCUT2D eigenvalue weighted by molar-refractivity contribution is 5.71. The summed E-state index contributed by atoms with van der Waals surface area (Å²) in [4.78, 5) is 38.2. The molecule has 6 heteroatoms. The van der Waals surface area contributed by atoms with Crippen LogP contribution in [0.2, 0.25) is 0 Å². The van der Waals surface area contributed by atoms with Crippen molar-refractivity contribution in [3.8, 4) is 0 Å². The average molecular weight is 946 g/mol. The molecule has 0 bridgehead atoms. The quantitative estimate of drug-likeness (QED) is 0.0262. The van der Waals surface area contributed by atoms with Crippen LogP contribution in [0.1, 0.15) is 342 Å². The van der Waals surface area contributed by atoms with Crippen LogP contribution in [-0.2, 0) is 28.6 Å². The number of hydrogen-bond donors (Lipinski definition) is 0. The Morgan fingerprint density at radius 3 is 0.746 bits per heavy atom. The fourth-order valence-corrected chi connectivity index (χ4v) is 9.21. The lowest BCUT2D eigenvalue weighted by atomic mass is 10.0. The predicted molar refractivity (Wildman–Crippen MR) is 289 cm³/mol. The predicted octanol–water partition coefficient (Wildman–Crippen LogP) is 20.1.